The Bertz CT molecular complexity index is 481. The predicted molar refractivity (Wildman–Crippen MR) is 60.3 cm³/mol. The molecule has 4 nitrogen and oxygen atoms in total. The van der Waals surface area contributed by atoms with Gasteiger partial charge in [-0.05, 0) is 31.5 Å². The fourth-order valence-corrected chi connectivity index (χ4v) is 1.69. The average Bonchev–Trinajstić information content (AvgIpc) is 2.58. The van der Waals surface area contributed by atoms with Crippen LogP contribution in [0.5, 0.6) is 10.9 Å². The van der Waals surface area contributed by atoms with Gasteiger partial charge in [-0.15, -0.1) is 5.10 Å². The van der Waals surface area contributed by atoms with Crippen molar-refractivity contribution in [3.05, 3.63) is 28.8 Å². The number of nitrogens with zero attached hydrogens (tertiary/aromatic N) is 2. The van der Waals surface area contributed by atoms with E-state index >= 15 is 0 Å². The number of benzene rings is 1. The Hall–Kier alpha value is -1.62. The lowest BCUT2D eigenvalue weighted by molar-refractivity contribution is 0.475. The fourth-order valence-electron chi connectivity index (χ4n) is 1.14. The minimum atomic E-state index is 0.518. The van der Waals surface area contributed by atoms with Crippen molar-refractivity contribution in [1.82, 2.24) is 10.2 Å². The first-order valence-corrected chi connectivity index (χ1v) is 5.31. The molecule has 0 saturated carbocycles. The number of nitrogens with two attached hydrogens (primary N) is 1. The number of hydrogen-bond donors (Lipinski definition) is 1. The predicted octanol–water partition coefficient (Wildman–Crippen LogP) is 2.53. The molecule has 0 atom stereocenters. The van der Waals surface area contributed by atoms with Gasteiger partial charge in [0.25, 0.3) is 5.19 Å². The van der Waals surface area contributed by atoms with Gasteiger partial charge in [0.15, 0.2) is 5.75 Å². The Morgan fingerprint density at radius 3 is 2.73 bits per heavy atom. The molecule has 0 saturated heterocycles. The molecule has 0 aliphatic carbocycles. The second kappa shape index (κ2) is 3.86. The van der Waals surface area contributed by atoms with Crippen LogP contribution in [0.2, 0.25) is 0 Å². The summed E-state index contributed by atoms with van der Waals surface area (Å²) in [5.74, 6) is 0.631. The maximum atomic E-state index is 5.78. The zero-order valence-corrected chi connectivity index (χ0v) is 9.34. The normalized spacial score (nSPS) is 10.3. The Kier molecular flexibility index (Phi) is 2.55. The highest BCUT2D eigenvalue weighted by molar-refractivity contribution is 7.13. The van der Waals surface area contributed by atoms with Gasteiger partial charge in [0.1, 0.15) is 5.01 Å². The van der Waals surface area contributed by atoms with E-state index in [0.29, 0.717) is 16.6 Å². The molecule has 2 N–H and O–H groups in total. The van der Waals surface area contributed by atoms with E-state index in [1.807, 2.05) is 32.0 Å². The van der Waals surface area contributed by atoms with Crippen molar-refractivity contribution < 1.29 is 4.74 Å². The highest BCUT2D eigenvalue weighted by Crippen LogP contribution is 2.29. The van der Waals surface area contributed by atoms with E-state index in [0.717, 1.165) is 10.6 Å². The Morgan fingerprint density at radius 2 is 2.07 bits per heavy atom. The molecule has 0 fully saturated rings. The fraction of sp³-hybridized carbons (Fsp3) is 0.200. The number of hydrogen-bond acceptors (Lipinski definition) is 5. The van der Waals surface area contributed by atoms with Gasteiger partial charge in [0.2, 0.25) is 0 Å². The van der Waals surface area contributed by atoms with Gasteiger partial charge in [-0.25, -0.2) is 0 Å². The number of anilines is 1. The van der Waals surface area contributed by atoms with Crippen molar-refractivity contribution in [2.24, 2.45) is 0 Å². The van der Waals surface area contributed by atoms with E-state index in [-0.39, 0.29) is 0 Å². The second-order valence-corrected chi connectivity index (χ2v) is 4.37. The van der Waals surface area contributed by atoms with Gasteiger partial charge >= 0.3 is 0 Å². The van der Waals surface area contributed by atoms with Gasteiger partial charge in [-0.1, -0.05) is 22.5 Å². The molecule has 1 aromatic carbocycles. The average molecular weight is 221 g/mol. The van der Waals surface area contributed by atoms with E-state index in [4.69, 9.17) is 10.5 Å². The molecule has 0 amide bonds. The molecule has 0 spiro atoms. The van der Waals surface area contributed by atoms with Crippen molar-refractivity contribution >= 4 is 17.0 Å². The monoisotopic (exact) mass is 221 g/mol. The third-order valence-electron chi connectivity index (χ3n) is 1.87. The Balaban J connectivity index is 2.27. The maximum Gasteiger partial charge on any atom is 0.299 e. The quantitative estimate of drug-likeness (QED) is 0.791. The smallest absolute Gasteiger partial charge is 0.299 e. The van der Waals surface area contributed by atoms with Crippen LogP contribution in [0.3, 0.4) is 0 Å². The summed E-state index contributed by atoms with van der Waals surface area (Å²) < 4.78 is 5.53. The molecular formula is C10H11N3OS. The molecule has 2 rings (SSSR count). The van der Waals surface area contributed by atoms with Crippen LogP contribution in [-0.2, 0) is 0 Å². The molecule has 0 unspecified atom stereocenters. The van der Waals surface area contributed by atoms with Gasteiger partial charge in [0.05, 0.1) is 5.69 Å². The van der Waals surface area contributed by atoms with Crippen LogP contribution in [-0.4, -0.2) is 10.2 Å². The highest BCUT2D eigenvalue weighted by Gasteiger charge is 2.06. The van der Waals surface area contributed by atoms with Gasteiger partial charge in [-0.2, -0.15) is 0 Å². The summed E-state index contributed by atoms with van der Waals surface area (Å²) in [6.45, 7) is 3.86. The SMILES string of the molecule is Cc1ccc(N)c(Oc2nnc(C)s2)c1. The third-order valence-corrected chi connectivity index (χ3v) is 2.59. The second-order valence-electron chi connectivity index (χ2n) is 3.23. The Labute approximate surface area is 91.7 Å². The first kappa shape index (κ1) is 9.92. The summed E-state index contributed by atoms with van der Waals surface area (Å²) in [7, 11) is 0. The van der Waals surface area contributed by atoms with Crippen LogP contribution in [0.4, 0.5) is 5.69 Å². The topological polar surface area (TPSA) is 61.0 Å². The molecular weight excluding hydrogens is 210 g/mol. The molecule has 0 radical (unpaired) electrons. The Morgan fingerprint density at radius 1 is 1.27 bits per heavy atom. The molecule has 78 valence electrons. The van der Waals surface area contributed by atoms with Gasteiger partial charge in [0, 0.05) is 0 Å². The zero-order chi connectivity index (χ0) is 10.8. The lowest BCUT2D eigenvalue weighted by Crippen LogP contribution is -1.92. The minimum Gasteiger partial charge on any atom is -0.428 e. The van der Waals surface area contributed by atoms with Crippen molar-refractivity contribution in [2.75, 3.05) is 5.73 Å². The standard InChI is InChI=1S/C10H11N3OS/c1-6-3-4-8(11)9(5-6)14-10-13-12-7(2)15-10/h3-5H,11H2,1-2H3. The summed E-state index contributed by atoms with van der Waals surface area (Å²) in [6.07, 6.45) is 0. The van der Waals surface area contributed by atoms with E-state index in [2.05, 4.69) is 10.2 Å². The molecule has 1 heterocycles. The van der Waals surface area contributed by atoms with E-state index in [9.17, 15) is 0 Å². The van der Waals surface area contributed by atoms with Crippen LogP contribution in [0.25, 0.3) is 0 Å². The molecule has 1 aromatic heterocycles. The molecule has 0 aliphatic rings. The summed E-state index contributed by atoms with van der Waals surface area (Å²) in [4.78, 5) is 0. The van der Waals surface area contributed by atoms with Crippen LogP contribution >= 0.6 is 11.3 Å². The summed E-state index contributed by atoms with van der Waals surface area (Å²) >= 11 is 1.40. The lowest BCUT2D eigenvalue weighted by atomic mass is 10.2. The van der Waals surface area contributed by atoms with E-state index < -0.39 is 0 Å². The number of nitrogen functional groups attached to an aromatic ring is 1. The van der Waals surface area contributed by atoms with Gasteiger partial charge in [-0.3, -0.25) is 0 Å². The van der Waals surface area contributed by atoms with Crippen molar-refractivity contribution in [3.63, 3.8) is 0 Å². The zero-order valence-electron chi connectivity index (χ0n) is 8.52. The summed E-state index contributed by atoms with van der Waals surface area (Å²) in [6, 6.07) is 5.64. The molecule has 5 heteroatoms. The summed E-state index contributed by atoms with van der Waals surface area (Å²) in [5, 5.41) is 9.13. The molecule has 0 bridgehead atoms. The third kappa shape index (κ3) is 2.24. The lowest BCUT2D eigenvalue weighted by Gasteiger charge is -2.05. The number of aryl methyl sites for hydroxylation is 2. The maximum absolute atomic E-state index is 5.78. The van der Waals surface area contributed by atoms with E-state index in [1.54, 1.807) is 0 Å². The van der Waals surface area contributed by atoms with Crippen LogP contribution in [0, 0.1) is 13.8 Å². The first-order valence-electron chi connectivity index (χ1n) is 4.49. The summed E-state index contributed by atoms with van der Waals surface area (Å²) in [5.41, 5.74) is 7.48. The van der Waals surface area contributed by atoms with Crippen LogP contribution < -0.4 is 10.5 Å². The van der Waals surface area contributed by atoms with Gasteiger partial charge < -0.3 is 10.5 Å². The first-order chi connectivity index (χ1) is 7.15. The largest absolute Gasteiger partial charge is 0.428 e. The molecule has 0 aliphatic heterocycles. The number of aromatic nitrogens is 2. The van der Waals surface area contributed by atoms with Crippen molar-refractivity contribution in [3.8, 4) is 10.9 Å². The van der Waals surface area contributed by atoms with Crippen molar-refractivity contribution in [1.29, 1.82) is 0 Å². The number of ether oxygens (including phenoxy) is 1. The molecule has 15 heavy (non-hydrogen) atoms. The minimum absolute atomic E-state index is 0.518. The number of rotatable bonds is 2. The van der Waals surface area contributed by atoms with Crippen molar-refractivity contribution in [2.45, 2.75) is 13.8 Å². The van der Waals surface area contributed by atoms with Crippen LogP contribution in [0.15, 0.2) is 18.2 Å². The molecule has 2 aromatic rings. The van der Waals surface area contributed by atoms with Crippen LogP contribution in [0.1, 0.15) is 10.6 Å². The van der Waals surface area contributed by atoms with E-state index in [1.165, 1.54) is 11.3 Å². The highest BCUT2D eigenvalue weighted by atomic mass is 32.1.